The van der Waals surface area contributed by atoms with E-state index in [4.69, 9.17) is 5.11 Å². The van der Waals surface area contributed by atoms with Gasteiger partial charge in [-0.2, -0.15) is 0 Å². The van der Waals surface area contributed by atoms with E-state index in [2.05, 4.69) is 17.6 Å². The Labute approximate surface area is 73.9 Å². The monoisotopic (exact) mass is 180 g/mol. The van der Waals surface area contributed by atoms with E-state index in [0.717, 1.165) is 39.0 Å². The topological polar surface area (TPSA) is 44.3 Å². The van der Waals surface area contributed by atoms with Crippen molar-refractivity contribution in [1.29, 1.82) is 0 Å². The highest BCUT2D eigenvalue weighted by Crippen LogP contribution is 1.78. The highest BCUT2D eigenvalue weighted by atomic mass is 19.0. The number of unbranched alkanes of at least 4 members (excludes halogenated alkanes) is 1. The number of aliphatic hydroxyl groups excluding tert-OH is 1. The molecule has 0 aromatic rings. The second kappa shape index (κ2) is 13.4. The first kappa shape index (κ1) is 14.3. The minimum Gasteiger partial charge on any atom is -0.396 e. The molecule has 3 nitrogen and oxygen atoms in total. The fourth-order valence-corrected chi connectivity index (χ4v) is 0.762. The average Bonchev–Trinajstić information content (AvgIpc) is 2.10. The van der Waals surface area contributed by atoms with Crippen molar-refractivity contribution >= 4 is 0 Å². The second-order valence-electron chi connectivity index (χ2n) is 2.58. The third-order valence-electron chi connectivity index (χ3n) is 1.47. The molecule has 0 aliphatic carbocycles. The molecule has 1 fully saturated rings. The van der Waals surface area contributed by atoms with Gasteiger partial charge >= 0.3 is 0 Å². The first-order valence-corrected chi connectivity index (χ1v) is 4.44. The van der Waals surface area contributed by atoms with Gasteiger partial charge in [0.05, 0.1) is 0 Å². The summed E-state index contributed by atoms with van der Waals surface area (Å²) in [4.78, 5) is 0. The summed E-state index contributed by atoms with van der Waals surface area (Å²) < 4.78 is 0. The quantitative estimate of drug-likeness (QED) is 0.565. The van der Waals surface area contributed by atoms with E-state index >= 15 is 0 Å². The summed E-state index contributed by atoms with van der Waals surface area (Å²) in [5.74, 6) is 0. The van der Waals surface area contributed by atoms with Crippen molar-refractivity contribution in [3.63, 3.8) is 0 Å². The van der Waals surface area contributed by atoms with Crippen LogP contribution in [0.1, 0.15) is 19.8 Å². The normalized spacial score (nSPS) is 15.5. The van der Waals surface area contributed by atoms with Crippen molar-refractivity contribution in [2.24, 2.45) is 0 Å². The van der Waals surface area contributed by atoms with Gasteiger partial charge in [0, 0.05) is 32.8 Å². The van der Waals surface area contributed by atoms with Crippen LogP contribution < -0.4 is 10.6 Å². The van der Waals surface area contributed by atoms with Crippen molar-refractivity contribution < 1.29 is 9.81 Å². The van der Waals surface area contributed by atoms with Crippen LogP contribution in [0.15, 0.2) is 0 Å². The molecule has 0 radical (unpaired) electrons. The second-order valence-corrected chi connectivity index (χ2v) is 2.58. The van der Waals surface area contributed by atoms with Crippen LogP contribution in [0, 0.1) is 0 Å². The van der Waals surface area contributed by atoms with E-state index < -0.39 is 0 Å². The molecular formula is C8H21FN2O. The maximum absolute atomic E-state index is 8.07. The molecule has 1 rings (SSSR count). The van der Waals surface area contributed by atoms with Crippen LogP contribution in [0.25, 0.3) is 0 Å². The predicted octanol–water partition coefficient (Wildman–Crippen LogP) is 0.110. The Hall–Kier alpha value is -0.190. The summed E-state index contributed by atoms with van der Waals surface area (Å²) in [5, 5.41) is 14.5. The van der Waals surface area contributed by atoms with Crippen molar-refractivity contribution in [3.8, 4) is 0 Å². The highest BCUT2D eigenvalue weighted by Gasteiger charge is 1.91. The minimum atomic E-state index is 0. The Kier molecular flexibility index (Phi) is 16.0. The molecule has 4 heteroatoms. The molecule has 0 spiro atoms. The molecule has 0 unspecified atom stereocenters. The Morgan fingerprint density at radius 2 is 1.50 bits per heavy atom. The van der Waals surface area contributed by atoms with Gasteiger partial charge in [0.2, 0.25) is 0 Å². The molecule has 0 atom stereocenters. The van der Waals surface area contributed by atoms with Gasteiger partial charge in [-0.25, -0.2) is 0 Å². The van der Waals surface area contributed by atoms with Gasteiger partial charge in [0.25, 0.3) is 0 Å². The summed E-state index contributed by atoms with van der Waals surface area (Å²) in [6.07, 6.45) is 2.04. The van der Waals surface area contributed by atoms with E-state index in [9.17, 15) is 0 Å². The minimum absolute atomic E-state index is 0. The summed E-state index contributed by atoms with van der Waals surface area (Å²) in [5.41, 5.74) is 0. The first-order valence-electron chi connectivity index (χ1n) is 4.44. The fraction of sp³-hybridized carbons (Fsp3) is 1.00. The van der Waals surface area contributed by atoms with Gasteiger partial charge in [-0.05, 0) is 6.42 Å². The van der Waals surface area contributed by atoms with Crippen LogP contribution in [0.3, 0.4) is 0 Å². The van der Waals surface area contributed by atoms with E-state index in [1.54, 1.807) is 0 Å². The van der Waals surface area contributed by atoms with Crippen molar-refractivity contribution in [1.82, 2.24) is 10.6 Å². The lowest BCUT2D eigenvalue weighted by Crippen LogP contribution is -2.39. The number of hydrogen-bond donors (Lipinski definition) is 3. The molecular weight excluding hydrogens is 159 g/mol. The molecule has 1 aliphatic heterocycles. The van der Waals surface area contributed by atoms with Crippen molar-refractivity contribution in [3.05, 3.63) is 0 Å². The van der Waals surface area contributed by atoms with Gasteiger partial charge in [0.15, 0.2) is 0 Å². The molecule has 3 N–H and O–H groups in total. The molecule has 0 amide bonds. The third kappa shape index (κ3) is 12.5. The van der Waals surface area contributed by atoms with Gasteiger partial charge in [-0.15, -0.1) is 0 Å². The maximum Gasteiger partial charge on any atom is 0.0430 e. The Bertz CT molecular complexity index is 56.6. The highest BCUT2D eigenvalue weighted by molar-refractivity contribution is 4.59. The molecule has 76 valence electrons. The van der Waals surface area contributed by atoms with E-state index in [0.29, 0.717) is 6.61 Å². The summed E-state index contributed by atoms with van der Waals surface area (Å²) in [6.45, 7) is 6.95. The number of halogens is 1. The third-order valence-corrected chi connectivity index (χ3v) is 1.47. The Morgan fingerprint density at radius 1 is 1.08 bits per heavy atom. The van der Waals surface area contributed by atoms with Crippen molar-refractivity contribution in [2.75, 3.05) is 32.8 Å². The summed E-state index contributed by atoms with van der Waals surface area (Å²) in [7, 11) is 0. The lowest BCUT2D eigenvalue weighted by atomic mass is 10.4. The lowest BCUT2D eigenvalue weighted by molar-refractivity contribution is 0.287. The lowest BCUT2D eigenvalue weighted by Gasteiger charge is -2.11. The number of nitrogens with one attached hydrogen (secondary N) is 2. The number of piperazine rings is 1. The molecule has 0 aromatic carbocycles. The number of rotatable bonds is 2. The van der Waals surface area contributed by atoms with E-state index in [-0.39, 0.29) is 4.70 Å². The zero-order chi connectivity index (χ0) is 8.36. The van der Waals surface area contributed by atoms with Crippen LogP contribution in [0.5, 0.6) is 0 Å². The van der Waals surface area contributed by atoms with Gasteiger partial charge in [-0.1, -0.05) is 13.3 Å². The van der Waals surface area contributed by atoms with Crippen LogP contribution in [-0.2, 0) is 0 Å². The molecule has 0 bridgehead atoms. The molecule has 1 heterocycles. The van der Waals surface area contributed by atoms with Gasteiger partial charge < -0.3 is 15.7 Å². The summed E-state index contributed by atoms with van der Waals surface area (Å²) in [6, 6.07) is 0. The number of hydrogen-bond acceptors (Lipinski definition) is 3. The Morgan fingerprint density at radius 3 is 1.58 bits per heavy atom. The molecule has 0 saturated carbocycles. The van der Waals surface area contributed by atoms with Crippen LogP contribution >= 0.6 is 0 Å². The smallest absolute Gasteiger partial charge is 0.0430 e. The van der Waals surface area contributed by atoms with Crippen LogP contribution in [0.4, 0.5) is 4.70 Å². The first-order chi connectivity index (χ1) is 5.41. The number of aliphatic hydroxyl groups is 1. The van der Waals surface area contributed by atoms with E-state index in [1.165, 1.54) is 0 Å². The van der Waals surface area contributed by atoms with Gasteiger partial charge in [-0.3, -0.25) is 4.70 Å². The van der Waals surface area contributed by atoms with Crippen LogP contribution in [-0.4, -0.2) is 37.9 Å². The standard InChI is InChI=1S/C4H10N2.C4H10O.FH/c1-2-6-4-3-5-1;1-2-3-4-5;/h5-6H,1-4H2;5H,2-4H2,1H3;1H. The molecule has 0 aromatic heterocycles. The average molecular weight is 180 g/mol. The molecule has 1 aliphatic rings. The fourth-order valence-electron chi connectivity index (χ4n) is 0.762. The van der Waals surface area contributed by atoms with Crippen molar-refractivity contribution in [2.45, 2.75) is 19.8 Å². The predicted molar refractivity (Wildman–Crippen MR) is 50.2 cm³/mol. The zero-order valence-electron chi connectivity index (χ0n) is 7.81. The Balaban J connectivity index is 0. The molecule has 12 heavy (non-hydrogen) atoms. The van der Waals surface area contributed by atoms with Gasteiger partial charge in [0.1, 0.15) is 0 Å². The molecule has 1 saturated heterocycles. The SMILES string of the molecule is C1CNCCN1.CCCCO.F. The summed E-state index contributed by atoms with van der Waals surface area (Å²) >= 11 is 0. The maximum atomic E-state index is 8.07. The zero-order valence-corrected chi connectivity index (χ0v) is 7.81. The van der Waals surface area contributed by atoms with Crippen LogP contribution in [0.2, 0.25) is 0 Å². The largest absolute Gasteiger partial charge is 0.396 e. The van der Waals surface area contributed by atoms with E-state index in [1.807, 2.05) is 0 Å².